The predicted molar refractivity (Wildman–Crippen MR) is 142 cm³/mol. The third kappa shape index (κ3) is 6.63. The predicted octanol–water partition coefficient (Wildman–Crippen LogP) is 2.52. The van der Waals surface area contributed by atoms with E-state index in [-0.39, 0.29) is 24.2 Å². The number of benzene rings is 2. The van der Waals surface area contributed by atoms with Gasteiger partial charge in [-0.3, -0.25) is 9.59 Å². The molecule has 0 fully saturated rings. The van der Waals surface area contributed by atoms with Crippen molar-refractivity contribution in [3.8, 4) is 0 Å². The summed E-state index contributed by atoms with van der Waals surface area (Å²) in [6.45, 7) is 1.02. The molecule has 2 atom stereocenters. The van der Waals surface area contributed by atoms with Crippen molar-refractivity contribution in [2.45, 2.75) is 37.8 Å². The molecule has 2 aromatic heterocycles. The maximum atomic E-state index is 12.3. The van der Waals surface area contributed by atoms with Crippen LogP contribution in [0, 0.1) is 0 Å². The van der Waals surface area contributed by atoms with Crippen LogP contribution in [0.4, 0.5) is 0 Å². The van der Waals surface area contributed by atoms with E-state index < -0.39 is 12.1 Å². The van der Waals surface area contributed by atoms with Crippen LogP contribution in [-0.2, 0) is 22.4 Å². The third-order valence-electron chi connectivity index (χ3n) is 6.11. The molecule has 186 valence electrons. The zero-order valence-corrected chi connectivity index (χ0v) is 20.4. The normalized spacial score (nSPS) is 12.7. The molecule has 2 amide bonds. The molecule has 0 saturated heterocycles. The molecular weight excluding hydrogens is 464 g/mol. The number of carbonyl (C=O) groups excluding carboxylic acids is 2. The Labute approximate surface area is 210 Å². The molecule has 0 unspecified atom stereocenters. The van der Waals surface area contributed by atoms with Gasteiger partial charge in [-0.25, -0.2) is 0 Å². The van der Waals surface area contributed by atoms with Crippen molar-refractivity contribution >= 4 is 46.0 Å². The third-order valence-corrected chi connectivity index (χ3v) is 6.11. The van der Waals surface area contributed by atoms with E-state index in [1.54, 1.807) is 0 Å². The van der Waals surface area contributed by atoms with Crippen LogP contribution in [0.2, 0.25) is 0 Å². The number of hydrogen-bond acceptors (Lipinski definition) is 4. The molecular formula is C26H33ClN6O2. The lowest BCUT2D eigenvalue weighted by Crippen LogP contribution is -2.43. The highest BCUT2D eigenvalue weighted by molar-refractivity contribution is 5.87. The highest BCUT2D eigenvalue weighted by Crippen LogP contribution is 2.19. The number of rotatable bonds is 11. The van der Waals surface area contributed by atoms with Crippen LogP contribution in [0.5, 0.6) is 0 Å². The van der Waals surface area contributed by atoms with Gasteiger partial charge in [0.25, 0.3) is 0 Å². The molecule has 0 aliphatic rings. The van der Waals surface area contributed by atoms with Crippen molar-refractivity contribution < 1.29 is 9.59 Å². The first-order chi connectivity index (χ1) is 16.5. The van der Waals surface area contributed by atoms with E-state index in [9.17, 15) is 9.59 Å². The van der Waals surface area contributed by atoms with E-state index in [4.69, 9.17) is 11.5 Å². The second-order valence-corrected chi connectivity index (χ2v) is 8.63. The zero-order valence-electron chi connectivity index (χ0n) is 19.6. The fourth-order valence-electron chi connectivity index (χ4n) is 4.20. The van der Waals surface area contributed by atoms with E-state index in [1.165, 1.54) is 0 Å². The van der Waals surface area contributed by atoms with E-state index in [0.29, 0.717) is 25.9 Å². The van der Waals surface area contributed by atoms with Crippen LogP contribution < -0.4 is 22.1 Å². The van der Waals surface area contributed by atoms with Gasteiger partial charge in [-0.05, 0) is 48.9 Å². The summed E-state index contributed by atoms with van der Waals surface area (Å²) in [6, 6.07) is 14.7. The van der Waals surface area contributed by atoms with Crippen LogP contribution in [0.25, 0.3) is 21.8 Å². The molecule has 0 aliphatic heterocycles. The number of halogens is 1. The van der Waals surface area contributed by atoms with E-state index in [0.717, 1.165) is 45.8 Å². The average Bonchev–Trinajstić information content (AvgIpc) is 3.45. The molecule has 8 nitrogen and oxygen atoms in total. The van der Waals surface area contributed by atoms with Crippen molar-refractivity contribution in [2.24, 2.45) is 11.5 Å². The first kappa shape index (κ1) is 26.3. The molecule has 0 spiro atoms. The lowest BCUT2D eigenvalue weighted by atomic mass is 10.0. The number of para-hydroxylation sites is 2. The molecule has 2 aromatic carbocycles. The maximum absolute atomic E-state index is 12.3. The van der Waals surface area contributed by atoms with Gasteiger partial charge >= 0.3 is 0 Å². The summed E-state index contributed by atoms with van der Waals surface area (Å²) in [5, 5.41) is 7.95. The summed E-state index contributed by atoms with van der Waals surface area (Å²) in [5.41, 5.74) is 16.3. The number of amides is 2. The first-order valence-electron chi connectivity index (χ1n) is 11.7. The smallest absolute Gasteiger partial charge is 0.237 e. The van der Waals surface area contributed by atoms with Crippen molar-refractivity contribution in [3.63, 3.8) is 0 Å². The summed E-state index contributed by atoms with van der Waals surface area (Å²) in [7, 11) is 0. The van der Waals surface area contributed by atoms with Gasteiger partial charge in [0.1, 0.15) is 0 Å². The summed E-state index contributed by atoms with van der Waals surface area (Å²) in [5.74, 6) is -0.342. The fourth-order valence-corrected chi connectivity index (χ4v) is 4.20. The van der Waals surface area contributed by atoms with Crippen LogP contribution >= 0.6 is 12.4 Å². The summed E-state index contributed by atoms with van der Waals surface area (Å²) in [4.78, 5) is 31.1. The quantitative estimate of drug-likeness (QED) is 0.177. The number of fused-ring (bicyclic) bond motifs is 2. The Morgan fingerprint density at radius 1 is 0.714 bits per heavy atom. The summed E-state index contributed by atoms with van der Waals surface area (Å²) >= 11 is 0. The van der Waals surface area contributed by atoms with Crippen molar-refractivity contribution in [2.75, 3.05) is 13.1 Å². The average molecular weight is 497 g/mol. The van der Waals surface area contributed by atoms with Gasteiger partial charge in [0.2, 0.25) is 11.8 Å². The standard InChI is InChI=1S/C26H32N6O2.ClH/c27-21(13-17-15-31-23-9-3-1-7-19(17)23)25(33)29-11-5-6-12-30-26(34)22(28)14-18-16-32-24-10-4-2-8-20(18)24;/h1-4,7-10,15-16,21-22,31-32H,5-6,11-14,27-28H2,(H,29,33)(H,30,34);1H/t21-,22+;. The number of H-pyrrole nitrogens is 2. The van der Waals surface area contributed by atoms with Gasteiger partial charge in [-0.1, -0.05) is 36.4 Å². The first-order valence-corrected chi connectivity index (χ1v) is 11.7. The van der Waals surface area contributed by atoms with E-state index >= 15 is 0 Å². The van der Waals surface area contributed by atoms with Gasteiger partial charge < -0.3 is 32.1 Å². The lowest BCUT2D eigenvalue weighted by Gasteiger charge is -2.13. The van der Waals surface area contributed by atoms with Gasteiger partial charge in [0.05, 0.1) is 12.1 Å². The molecule has 0 aliphatic carbocycles. The van der Waals surface area contributed by atoms with Gasteiger partial charge in [0.15, 0.2) is 0 Å². The van der Waals surface area contributed by atoms with Crippen LogP contribution in [-0.4, -0.2) is 47.0 Å². The zero-order chi connectivity index (χ0) is 23.9. The van der Waals surface area contributed by atoms with Crippen LogP contribution in [0.3, 0.4) is 0 Å². The summed E-state index contributed by atoms with van der Waals surface area (Å²) in [6.07, 6.45) is 6.24. The Kier molecular flexibility index (Phi) is 9.31. The Balaban J connectivity index is 0.00000342. The Morgan fingerprint density at radius 2 is 1.11 bits per heavy atom. The van der Waals surface area contributed by atoms with Crippen molar-refractivity contribution in [1.29, 1.82) is 0 Å². The molecule has 9 heteroatoms. The number of hydrogen-bond donors (Lipinski definition) is 6. The molecule has 35 heavy (non-hydrogen) atoms. The number of aromatic amines is 2. The molecule has 4 rings (SSSR count). The number of nitrogens with two attached hydrogens (primary N) is 2. The second-order valence-electron chi connectivity index (χ2n) is 8.63. The number of unbranched alkanes of at least 4 members (excludes halogenated alkanes) is 1. The molecule has 2 heterocycles. The second kappa shape index (κ2) is 12.4. The minimum atomic E-state index is -0.610. The molecule has 8 N–H and O–H groups in total. The van der Waals surface area contributed by atoms with Gasteiger partial charge in [0, 0.05) is 47.3 Å². The van der Waals surface area contributed by atoms with Gasteiger partial charge in [-0.2, -0.15) is 0 Å². The lowest BCUT2D eigenvalue weighted by molar-refractivity contribution is -0.123. The minimum Gasteiger partial charge on any atom is -0.361 e. The Morgan fingerprint density at radius 3 is 1.54 bits per heavy atom. The summed E-state index contributed by atoms with van der Waals surface area (Å²) < 4.78 is 0. The van der Waals surface area contributed by atoms with Crippen molar-refractivity contribution in [3.05, 3.63) is 72.1 Å². The number of nitrogens with one attached hydrogen (secondary N) is 4. The Hall–Kier alpha value is -3.33. The number of carbonyl (C=O) groups is 2. The monoisotopic (exact) mass is 496 g/mol. The minimum absolute atomic E-state index is 0. The molecule has 0 radical (unpaired) electrons. The van der Waals surface area contributed by atoms with Crippen LogP contribution in [0.1, 0.15) is 24.0 Å². The van der Waals surface area contributed by atoms with E-state index in [1.807, 2.05) is 60.9 Å². The highest BCUT2D eigenvalue weighted by Gasteiger charge is 2.17. The van der Waals surface area contributed by atoms with Gasteiger partial charge in [-0.15, -0.1) is 12.4 Å². The highest BCUT2D eigenvalue weighted by atomic mass is 35.5. The molecule has 0 bridgehead atoms. The SMILES string of the molecule is Cl.N[C@H](Cc1c[nH]c2ccccc12)C(=O)NCCCCNC(=O)[C@@H](N)Cc1c[nH]c2ccccc12. The van der Waals surface area contributed by atoms with Crippen LogP contribution in [0.15, 0.2) is 60.9 Å². The topological polar surface area (TPSA) is 142 Å². The van der Waals surface area contributed by atoms with Crippen molar-refractivity contribution in [1.82, 2.24) is 20.6 Å². The Bertz CT molecular complexity index is 1170. The largest absolute Gasteiger partial charge is 0.361 e. The number of aromatic nitrogens is 2. The maximum Gasteiger partial charge on any atom is 0.237 e. The van der Waals surface area contributed by atoms with E-state index in [2.05, 4.69) is 20.6 Å². The molecule has 4 aromatic rings. The molecule has 0 saturated carbocycles. The fraction of sp³-hybridized carbons (Fsp3) is 0.308.